The van der Waals surface area contributed by atoms with E-state index in [9.17, 15) is 14.0 Å². The highest BCUT2D eigenvalue weighted by Gasteiger charge is 2.16. The number of carbonyl (C=O) groups is 2. The summed E-state index contributed by atoms with van der Waals surface area (Å²) in [6.45, 7) is -0.0785. The molecule has 0 saturated carbocycles. The molecule has 1 aromatic heterocycles. The number of aryl methyl sites for hydroxylation is 1. The molecular weight excluding hydrogens is 443 g/mol. The molecule has 2 aromatic carbocycles. The van der Waals surface area contributed by atoms with Crippen molar-refractivity contribution in [1.29, 1.82) is 0 Å². The van der Waals surface area contributed by atoms with Gasteiger partial charge in [-0.05, 0) is 52.3 Å². The van der Waals surface area contributed by atoms with Crippen molar-refractivity contribution in [3.63, 3.8) is 0 Å². The van der Waals surface area contributed by atoms with Gasteiger partial charge in [0, 0.05) is 29.9 Å². The van der Waals surface area contributed by atoms with E-state index in [0.29, 0.717) is 23.0 Å². The normalized spacial score (nSPS) is 10.6. The van der Waals surface area contributed by atoms with E-state index in [4.69, 9.17) is 4.52 Å². The van der Waals surface area contributed by atoms with Gasteiger partial charge in [-0.25, -0.2) is 4.39 Å². The molecule has 0 aliphatic rings. The van der Waals surface area contributed by atoms with Crippen LogP contribution in [-0.4, -0.2) is 40.4 Å². The number of carbonyl (C=O) groups excluding carboxylic acids is 2. The van der Waals surface area contributed by atoms with Crippen molar-refractivity contribution in [1.82, 2.24) is 15.0 Å². The molecule has 29 heavy (non-hydrogen) atoms. The Morgan fingerprint density at radius 1 is 1.17 bits per heavy atom. The minimum Gasteiger partial charge on any atom is -0.339 e. The number of hydrogen-bond acceptors (Lipinski definition) is 5. The van der Waals surface area contributed by atoms with Gasteiger partial charge >= 0.3 is 0 Å². The highest BCUT2D eigenvalue weighted by atomic mass is 79.9. The molecule has 0 spiro atoms. The van der Waals surface area contributed by atoms with E-state index in [1.54, 1.807) is 31.3 Å². The van der Waals surface area contributed by atoms with Gasteiger partial charge in [0.2, 0.25) is 23.5 Å². The van der Waals surface area contributed by atoms with Gasteiger partial charge in [-0.15, -0.1) is 0 Å². The largest absolute Gasteiger partial charge is 0.339 e. The van der Waals surface area contributed by atoms with E-state index in [1.165, 1.54) is 17.0 Å². The molecule has 0 saturated heterocycles. The Kier molecular flexibility index (Phi) is 6.71. The summed E-state index contributed by atoms with van der Waals surface area (Å²) in [6.07, 6.45) is 0.354. The van der Waals surface area contributed by atoms with E-state index in [1.807, 2.05) is 12.1 Å². The molecule has 0 atom stereocenters. The number of nitrogens with zero attached hydrogens (tertiary/aromatic N) is 3. The number of para-hydroxylation sites is 1. The van der Waals surface area contributed by atoms with Crippen molar-refractivity contribution in [2.45, 2.75) is 12.8 Å². The fraction of sp³-hybridized carbons (Fsp3) is 0.200. The summed E-state index contributed by atoms with van der Waals surface area (Å²) >= 11 is 3.36. The zero-order valence-electron chi connectivity index (χ0n) is 15.6. The minimum atomic E-state index is -0.352. The number of aromatic nitrogens is 2. The summed E-state index contributed by atoms with van der Waals surface area (Å²) < 4.78 is 18.9. The second kappa shape index (κ2) is 9.42. The van der Waals surface area contributed by atoms with Gasteiger partial charge in [-0.1, -0.05) is 17.3 Å². The minimum absolute atomic E-state index is 0.0785. The maximum Gasteiger partial charge on any atom is 0.244 e. The zero-order valence-corrected chi connectivity index (χ0v) is 17.1. The number of anilines is 1. The molecule has 1 heterocycles. The summed E-state index contributed by atoms with van der Waals surface area (Å²) in [6, 6.07) is 12.9. The third-order valence-corrected chi connectivity index (χ3v) is 4.77. The van der Waals surface area contributed by atoms with Gasteiger partial charge in [0.25, 0.3) is 0 Å². The fourth-order valence-corrected chi connectivity index (χ4v) is 2.92. The second-order valence-electron chi connectivity index (χ2n) is 6.30. The molecular formula is C20H18BrFN4O3. The van der Waals surface area contributed by atoms with Crippen LogP contribution in [0.1, 0.15) is 12.3 Å². The number of amides is 2. The maximum absolute atomic E-state index is 13.0. The molecule has 3 aromatic rings. The quantitative estimate of drug-likeness (QED) is 0.580. The molecule has 0 bridgehead atoms. The van der Waals surface area contributed by atoms with E-state index in [0.717, 1.165) is 4.47 Å². The Morgan fingerprint density at radius 3 is 2.62 bits per heavy atom. The smallest absolute Gasteiger partial charge is 0.244 e. The summed E-state index contributed by atoms with van der Waals surface area (Å²) in [4.78, 5) is 30.0. The van der Waals surface area contributed by atoms with Crippen LogP contribution in [0.4, 0.5) is 10.1 Å². The topological polar surface area (TPSA) is 88.3 Å². The predicted molar refractivity (Wildman–Crippen MR) is 108 cm³/mol. The van der Waals surface area contributed by atoms with Gasteiger partial charge < -0.3 is 14.7 Å². The van der Waals surface area contributed by atoms with Crippen LogP contribution in [0.3, 0.4) is 0 Å². The van der Waals surface area contributed by atoms with Crippen LogP contribution in [0.15, 0.2) is 57.5 Å². The van der Waals surface area contributed by atoms with Gasteiger partial charge in [0.15, 0.2) is 0 Å². The van der Waals surface area contributed by atoms with Gasteiger partial charge in [0.05, 0.1) is 12.2 Å². The number of nitrogens with one attached hydrogen (secondary N) is 1. The molecule has 7 nitrogen and oxygen atoms in total. The first kappa shape index (κ1) is 20.7. The molecule has 9 heteroatoms. The number of benzene rings is 2. The van der Waals surface area contributed by atoms with Gasteiger partial charge in [-0.2, -0.15) is 4.98 Å². The van der Waals surface area contributed by atoms with Crippen molar-refractivity contribution in [3.05, 3.63) is 64.7 Å². The van der Waals surface area contributed by atoms with Gasteiger partial charge in [0.1, 0.15) is 5.82 Å². The Bertz CT molecular complexity index is 1010. The fourth-order valence-electron chi connectivity index (χ4n) is 2.53. The summed E-state index contributed by atoms with van der Waals surface area (Å²) in [7, 11) is 1.56. The average molecular weight is 461 g/mol. The molecule has 0 radical (unpaired) electrons. The molecule has 0 unspecified atom stereocenters. The van der Waals surface area contributed by atoms with Crippen molar-refractivity contribution < 1.29 is 18.5 Å². The zero-order chi connectivity index (χ0) is 20.8. The molecule has 150 valence electrons. The highest BCUT2D eigenvalue weighted by molar-refractivity contribution is 9.10. The molecule has 1 N–H and O–H groups in total. The molecule has 0 aliphatic heterocycles. The third kappa shape index (κ3) is 5.71. The van der Waals surface area contributed by atoms with Crippen molar-refractivity contribution in [2.75, 3.05) is 18.9 Å². The van der Waals surface area contributed by atoms with E-state index in [-0.39, 0.29) is 37.0 Å². The summed E-state index contributed by atoms with van der Waals surface area (Å²) in [5.41, 5.74) is 1.26. The Balaban J connectivity index is 1.49. The molecule has 0 fully saturated rings. The van der Waals surface area contributed by atoms with E-state index >= 15 is 0 Å². The van der Waals surface area contributed by atoms with Crippen LogP contribution >= 0.6 is 15.9 Å². The lowest BCUT2D eigenvalue weighted by Crippen LogP contribution is -2.35. The lowest BCUT2D eigenvalue weighted by Gasteiger charge is -2.16. The van der Waals surface area contributed by atoms with Crippen LogP contribution < -0.4 is 5.32 Å². The molecule has 2 amide bonds. The van der Waals surface area contributed by atoms with Crippen LogP contribution in [0.2, 0.25) is 0 Å². The van der Waals surface area contributed by atoms with Crippen molar-refractivity contribution in [2.24, 2.45) is 0 Å². The van der Waals surface area contributed by atoms with E-state index in [2.05, 4.69) is 31.4 Å². The summed E-state index contributed by atoms with van der Waals surface area (Å²) in [5.74, 6) is -0.259. The Hall–Kier alpha value is -3.07. The Labute approximate surface area is 175 Å². The van der Waals surface area contributed by atoms with Crippen LogP contribution in [0.25, 0.3) is 11.4 Å². The van der Waals surface area contributed by atoms with E-state index < -0.39 is 0 Å². The highest BCUT2D eigenvalue weighted by Crippen LogP contribution is 2.21. The van der Waals surface area contributed by atoms with Crippen molar-refractivity contribution in [3.8, 4) is 11.4 Å². The van der Waals surface area contributed by atoms with Gasteiger partial charge in [-0.3, -0.25) is 9.59 Å². The van der Waals surface area contributed by atoms with Crippen LogP contribution in [-0.2, 0) is 16.0 Å². The third-order valence-electron chi connectivity index (χ3n) is 4.08. The first-order valence-electron chi connectivity index (χ1n) is 8.79. The van der Waals surface area contributed by atoms with Crippen LogP contribution in [0, 0.1) is 5.82 Å². The number of rotatable bonds is 7. The van der Waals surface area contributed by atoms with Crippen LogP contribution in [0.5, 0.6) is 0 Å². The molecule has 0 aliphatic carbocycles. The Morgan fingerprint density at radius 2 is 1.90 bits per heavy atom. The first-order chi connectivity index (χ1) is 13.9. The monoisotopic (exact) mass is 460 g/mol. The van der Waals surface area contributed by atoms with Crippen molar-refractivity contribution >= 4 is 33.4 Å². The first-order valence-corrected chi connectivity index (χ1v) is 9.58. The lowest BCUT2D eigenvalue weighted by molar-refractivity contribution is -0.133. The number of halogens is 2. The standard InChI is InChI=1S/C20H18BrFN4O3/c1-26(12-17(27)23-16-5-3-2-4-15(16)21)19(28)11-10-18-24-20(25-29-18)13-6-8-14(22)9-7-13/h2-9H,10-12H2,1H3,(H,23,27). The number of likely N-dealkylation sites (N-methyl/N-ethyl adjacent to an activating group) is 1. The predicted octanol–water partition coefficient (Wildman–Crippen LogP) is 3.67. The summed E-state index contributed by atoms with van der Waals surface area (Å²) in [5, 5.41) is 6.59. The number of hydrogen-bond donors (Lipinski definition) is 1. The second-order valence-corrected chi connectivity index (χ2v) is 7.15. The SMILES string of the molecule is CN(CC(=O)Nc1ccccc1Br)C(=O)CCc1nc(-c2ccc(F)cc2)no1. The lowest BCUT2D eigenvalue weighted by atomic mass is 10.2. The molecule has 3 rings (SSSR count). The average Bonchev–Trinajstić information content (AvgIpc) is 3.17. The maximum atomic E-state index is 13.0.